The molecule has 1 aliphatic heterocycles. The van der Waals surface area contributed by atoms with Crippen LogP contribution in [0.5, 0.6) is 11.5 Å². The Bertz CT molecular complexity index is 2880. The Kier molecular flexibility index (Phi) is 6.77. The standard InChI is InChI=1S/C55H44O/c1-53(2,3)38-23-26-42-43-27-24-39(54(4,5)6)32-49(43)55(48(42)31-38)46-15-8-7-13-40(46)41-25-21-37(30-47(41)55)34-19-17-33(18-20-34)36-22-28-50-45(29-36)44-14-9-11-35-12-10-16-51(56-50)52(35)44/h7-32H,1-6H3. The summed E-state index contributed by atoms with van der Waals surface area (Å²) in [6.07, 6.45) is 0. The van der Waals surface area contributed by atoms with Gasteiger partial charge in [0, 0.05) is 10.9 Å². The summed E-state index contributed by atoms with van der Waals surface area (Å²) >= 11 is 0. The van der Waals surface area contributed by atoms with Crippen LogP contribution in [0, 0.1) is 0 Å². The first-order valence-corrected chi connectivity index (χ1v) is 20.0. The summed E-state index contributed by atoms with van der Waals surface area (Å²) in [5, 5.41) is 2.39. The maximum atomic E-state index is 6.41. The molecule has 0 amide bonds. The highest BCUT2D eigenvalue weighted by molar-refractivity contribution is 6.04. The summed E-state index contributed by atoms with van der Waals surface area (Å²) in [7, 11) is 0. The fourth-order valence-electron chi connectivity index (χ4n) is 9.89. The van der Waals surface area contributed by atoms with E-state index in [4.69, 9.17) is 4.74 Å². The van der Waals surface area contributed by atoms with Crippen molar-refractivity contribution in [1.82, 2.24) is 0 Å². The van der Waals surface area contributed by atoms with E-state index in [-0.39, 0.29) is 10.8 Å². The lowest BCUT2D eigenvalue weighted by Gasteiger charge is -2.33. The number of hydrogen-bond donors (Lipinski definition) is 0. The predicted molar refractivity (Wildman–Crippen MR) is 234 cm³/mol. The zero-order valence-corrected chi connectivity index (χ0v) is 32.9. The van der Waals surface area contributed by atoms with Crippen molar-refractivity contribution in [2.24, 2.45) is 0 Å². The number of fused-ring (bicyclic) bond motifs is 12. The van der Waals surface area contributed by atoms with Crippen LogP contribution in [-0.2, 0) is 16.2 Å². The molecule has 1 spiro atoms. The third-order valence-electron chi connectivity index (χ3n) is 12.8. The predicted octanol–water partition coefficient (Wildman–Crippen LogP) is 14.9. The van der Waals surface area contributed by atoms with Crippen molar-refractivity contribution in [3.05, 3.63) is 191 Å². The lowest BCUT2D eigenvalue weighted by atomic mass is 9.68. The van der Waals surface area contributed by atoms with Gasteiger partial charge in [-0.3, -0.25) is 0 Å². The van der Waals surface area contributed by atoms with Gasteiger partial charge in [-0.15, -0.1) is 0 Å². The molecule has 270 valence electrons. The Labute approximate surface area is 330 Å². The molecule has 1 nitrogen and oxygen atoms in total. The maximum Gasteiger partial charge on any atom is 0.135 e. The number of benzene rings is 8. The van der Waals surface area contributed by atoms with E-state index in [2.05, 4.69) is 199 Å². The summed E-state index contributed by atoms with van der Waals surface area (Å²) in [5.74, 6) is 1.83. The van der Waals surface area contributed by atoms with Crippen LogP contribution < -0.4 is 4.74 Å². The molecule has 0 saturated carbocycles. The van der Waals surface area contributed by atoms with Crippen LogP contribution in [0.4, 0.5) is 0 Å². The number of rotatable bonds is 2. The first-order valence-electron chi connectivity index (χ1n) is 20.0. The normalized spacial score (nSPS) is 14.2. The van der Waals surface area contributed by atoms with E-state index >= 15 is 0 Å². The van der Waals surface area contributed by atoms with Gasteiger partial charge in [-0.05, 0) is 124 Å². The van der Waals surface area contributed by atoms with Crippen molar-refractivity contribution in [3.63, 3.8) is 0 Å². The van der Waals surface area contributed by atoms with Crippen LogP contribution in [0.15, 0.2) is 158 Å². The van der Waals surface area contributed by atoms with Gasteiger partial charge in [0.05, 0.1) is 5.41 Å². The summed E-state index contributed by atoms with van der Waals surface area (Å²) in [5.41, 5.74) is 20.5. The van der Waals surface area contributed by atoms with E-state index in [0.29, 0.717) is 0 Å². The Morgan fingerprint density at radius 2 is 0.857 bits per heavy atom. The molecule has 8 aromatic rings. The van der Waals surface area contributed by atoms with Crippen molar-refractivity contribution in [3.8, 4) is 67.1 Å². The molecular formula is C55H44O. The minimum Gasteiger partial charge on any atom is -0.456 e. The largest absolute Gasteiger partial charge is 0.456 e. The molecule has 1 heteroatoms. The monoisotopic (exact) mass is 720 g/mol. The molecule has 56 heavy (non-hydrogen) atoms. The second-order valence-corrected chi connectivity index (χ2v) is 18.1. The minimum atomic E-state index is -0.415. The molecule has 0 saturated heterocycles. The Balaban J connectivity index is 1.06. The molecule has 11 rings (SSSR count). The van der Waals surface area contributed by atoms with Crippen LogP contribution in [0.3, 0.4) is 0 Å². The van der Waals surface area contributed by atoms with Crippen LogP contribution in [0.2, 0.25) is 0 Å². The highest BCUT2D eigenvalue weighted by Gasteiger charge is 2.52. The average molecular weight is 721 g/mol. The maximum absolute atomic E-state index is 6.41. The molecule has 3 aliphatic rings. The van der Waals surface area contributed by atoms with Gasteiger partial charge in [0.2, 0.25) is 0 Å². The molecule has 1 heterocycles. The fourth-order valence-corrected chi connectivity index (χ4v) is 9.89. The second-order valence-electron chi connectivity index (χ2n) is 18.1. The van der Waals surface area contributed by atoms with Gasteiger partial charge < -0.3 is 4.74 Å². The quantitative estimate of drug-likeness (QED) is 0.173. The fraction of sp³-hybridized carbons (Fsp3) is 0.164. The molecule has 0 radical (unpaired) electrons. The highest BCUT2D eigenvalue weighted by atomic mass is 16.5. The summed E-state index contributed by atoms with van der Waals surface area (Å²) in [6.45, 7) is 14.0. The number of ether oxygens (including phenoxy) is 1. The van der Waals surface area contributed by atoms with Gasteiger partial charge in [0.25, 0.3) is 0 Å². The van der Waals surface area contributed by atoms with Gasteiger partial charge in [-0.25, -0.2) is 0 Å². The van der Waals surface area contributed by atoms with Crippen molar-refractivity contribution in [1.29, 1.82) is 0 Å². The van der Waals surface area contributed by atoms with E-state index in [1.807, 2.05) is 0 Å². The van der Waals surface area contributed by atoms with Crippen molar-refractivity contribution >= 4 is 10.8 Å². The third kappa shape index (κ3) is 4.61. The summed E-state index contributed by atoms with van der Waals surface area (Å²) in [4.78, 5) is 0. The van der Waals surface area contributed by atoms with E-state index < -0.39 is 5.41 Å². The topological polar surface area (TPSA) is 9.23 Å². The van der Waals surface area contributed by atoms with Crippen LogP contribution in [0.1, 0.15) is 74.9 Å². The Morgan fingerprint density at radius 3 is 1.50 bits per heavy atom. The molecule has 0 bridgehead atoms. The van der Waals surface area contributed by atoms with Gasteiger partial charge in [0.1, 0.15) is 11.5 Å². The van der Waals surface area contributed by atoms with E-state index in [9.17, 15) is 0 Å². The van der Waals surface area contributed by atoms with Crippen LogP contribution >= 0.6 is 0 Å². The van der Waals surface area contributed by atoms with Crippen LogP contribution in [0.25, 0.3) is 66.4 Å². The summed E-state index contributed by atoms with van der Waals surface area (Å²) < 4.78 is 6.41. The first kappa shape index (κ1) is 33.2. The molecule has 2 aliphatic carbocycles. The highest BCUT2D eigenvalue weighted by Crippen LogP contribution is 2.64. The van der Waals surface area contributed by atoms with Crippen molar-refractivity contribution < 1.29 is 4.74 Å². The first-order chi connectivity index (χ1) is 27.0. The SMILES string of the molecule is CC(C)(C)c1ccc2c(c1)C1(c3ccccc3-c3ccc(-c4ccc(-c5ccc6c(c5)-c5cccc7cccc(c57)O6)cc4)cc31)c1cc(C(C)(C)C)ccc1-2. The number of hydrogen-bond acceptors (Lipinski definition) is 1. The molecule has 0 unspecified atom stereocenters. The van der Waals surface area contributed by atoms with Gasteiger partial charge in [-0.1, -0.05) is 175 Å². The zero-order valence-electron chi connectivity index (χ0n) is 32.9. The molecule has 0 fully saturated rings. The molecule has 0 aromatic heterocycles. The van der Waals surface area contributed by atoms with Crippen molar-refractivity contribution in [2.45, 2.75) is 57.8 Å². The van der Waals surface area contributed by atoms with E-state index in [1.54, 1.807) is 0 Å². The van der Waals surface area contributed by atoms with Gasteiger partial charge >= 0.3 is 0 Å². The average Bonchev–Trinajstić information content (AvgIpc) is 3.67. The smallest absolute Gasteiger partial charge is 0.135 e. The second kappa shape index (κ2) is 11.4. The van der Waals surface area contributed by atoms with Gasteiger partial charge in [0.15, 0.2) is 0 Å². The molecule has 0 N–H and O–H groups in total. The summed E-state index contributed by atoms with van der Waals surface area (Å²) in [6, 6.07) is 59.5. The van der Waals surface area contributed by atoms with Crippen molar-refractivity contribution in [2.75, 3.05) is 0 Å². The van der Waals surface area contributed by atoms with Gasteiger partial charge in [-0.2, -0.15) is 0 Å². The molecular weight excluding hydrogens is 677 g/mol. The third-order valence-corrected chi connectivity index (χ3v) is 12.8. The lowest BCUT2D eigenvalue weighted by Crippen LogP contribution is -2.27. The van der Waals surface area contributed by atoms with E-state index in [1.165, 1.54) is 94.2 Å². The zero-order chi connectivity index (χ0) is 38.1. The molecule has 8 aromatic carbocycles. The minimum absolute atomic E-state index is 0.0228. The Morgan fingerprint density at radius 1 is 0.357 bits per heavy atom. The lowest BCUT2D eigenvalue weighted by molar-refractivity contribution is 0.487. The molecule has 0 atom stereocenters. The Hall–Kier alpha value is -6.18. The van der Waals surface area contributed by atoms with Crippen LogP contribution in [-0.4, -0.2) is 0 Å². The van der Waals surface area contributed by atoms with E-state index in [0.717, 1.165) is 17.1 Å².